The summed E-state index contributed by atoms with van der Waals surface area (Å²) in [6.45, 7) is 2.08. The molecular weight excluding hydrogens is 284 g/mol. The summed E-state index contributed by atoms with van der Waals surface area (Å²) >= 11 is 0. The van der Waals surface area contributed by atoms with Crippen LogP contribution in [0.5, 0.6) is 0 Å². The van der Waals surface area contributed by atoms with Gasteiger partial charge in [-0.15, -0.1) is 0 Å². The molecule has 1 aliphatic carbocycles. The molecule has 0 aliphatic heterocycles. The first kappa shape index (κ1) is 13.9. The van der Waals surface area contributed by atoms with Gasteiger partial charge < -0.3 is 0 Å². The number of nitrogens with zero attached hydrogens (tertiary/aromatic N) is 2. The summed E-state index contributed by atoms with van der Waals surface area (Å²) in [6.07, 6.45) is 3.13. The van der Waals surface area contributed by atoms with E-state index in [0.717, 1.165) is 23.4 Å². The van der Waals surface area contributed by atoms with Crippen LogP contribution >= 0.6 is 0 Å². The number of carbonyl (C=O) groups is 1. The number of fused-ring (bicyclic) bond motifs is 1. The lowest BCUT2D eigenvalue weighted by molar-refractivity contribution is 0.0964. The zero-order valence-corrected chi connectivity index (χ0v) is 13.1. The number of benzene rings is 2. The SMILES string of the molecule is Cc1ccc([C@H]2CC(=O)c3cnn(-c4ccccc4)c3C2)cc1. The normalized spacial score (nSPS) is 17.1. The second kappa shape index (κ2) is 5.51. The largest absolute Gasteiger partial charge is 0.294 e. The zero-order chi connectivity index (χ0) is 15.8. The van der Waals surface area contributed by atoms with Crippen molar-refractivity contribution in [2.75, 3.05) is 0 Å². The van der Waals surface area contributed by atoms with Gasteiger partial charge in [-0.3, -0.25) is 4.79 Å². The van der Waals surface area contributed by atoms with Crippen molar-refractivity contribution < 1.29 is 4.79 Å². The number of hydrogen-bond acceptors (Lipinski definition) is 2. The first-order chi connectivity index (χ1) is 11.2. The molecule has 2 aromatic carbocycles. The second-order valence-corrected chi connectivity index (χ2v) is 6.19. The molecule has 0 unspecified atom stereocenters. The fourth-order valence-corrected chi connectivity index (χ4v) is 3.31. The van der Waals surface area contributed by atoms with E-state index in [4.69, 9.17) is 0 Å². The standard InChI is InChI=1S/C20H18N2O/c1-14-7-9-15(10-8-14)16-11-19-18(20(23)12-16)13-21-22(19)17-5-3-2-4-6-17/h2-10,13,16H,11-12H2,1H3/t16-/m1/s1. The molecule has 4 rings (SSSR count). The minimum Gasteiger partial charge on any atom is -0.294 e. The lowest BCUT2D eigenvalue weighted by atomic mass is 9.82. The summed E-state index contributed by atoms with van der Waals surface area (Å²) in [5.41, 5.74) is 5.28. The van der Waals surface area contributed by atoms with Crippen LogP contribution in [0.15, 0.2) is 60.8 Å². The number of Topliss-reactive ketones (excluding diaryl/α,β-unsaturated/α-hetero) is 1. The monoisotopic (exact) mass is 302 g/mol. The van der Waals surface area contributed by atoms with Gasteiger partial charge in [-0.25, -0.2) is 4.68 Å². The Morgan fingerprint density at radius 3 is 2.48 bits per heavy atom. The predicted molar refractivity (Wildman–Crippen MR) is 90.1 cm³/mol. The van der Waals surface area contributed by atoms with Crippen LogP contribution in [0.25, 0.3) is 5.69 Å². The van der Waals surface area contributed by atoms with Gasteiger partial charge in [0.05, 0.1) is 23.1 Å². The summed E-state index contributed by atoms with van der Waals surface area (Å²) in [6, 6.07) is 18.5. The zero-order valence-electron chi connectivity index (χ0n) is 13.1. The van der Waals surface area contributed by atoms with Crippen LogP contribution < -0.4 is 0 Å². The Morgan fingerprint density at radius 2 is 1.74 bits per heavy atom. The van der Waals surface area contributed by atoms with Crippen LogP contribution in [0.1, 0.15) is 39.5 Å². The summed E-state index contributed by atoms with van der Waals surface area (Å²) in [5.74, 6) is 0.425. The van der Waals surface area contributed by atoms with Gasteiger partial charge in [0, 0.05) is 6.42 Å². The molecule has 3 nitrogen and oxygen atoms in total. The first-order valence-electron chi connectivity index (χ1n) is 7.94. The van der Waals surface area contributed by atoms with Crippen molar-refractivity contribution in [3.63, 3.8) is 0 Å². The van der Waals surface area contributed by atoms with Gasteiger partial charge in [-0.05, 0) is 37.0 Å². The average molecular weight is 302 g/mol. The Morgan fingerprint density at radius 1 is 1.00 bits per heavy atom. The van der Waals surface area contributed by atoms with Gasteiger partial charge in [0.15, 0.2) is 5.78 Å². The van der Waals surface area contributed by atoms with Crippen molar-refractivity contribution in [1.82, 2.24) is 9.78 Å². The molecule has 0 fully saturated rings. The maximum atomic E-state index is 12.5. The molecule has 0 bridgehead atoms. The molecular formula is C20H18N2O. The Labute approximate surface area is 135 Å². The lowest BCUT2D eigenvalue weighted by Crippen LogP contribution is -2.20. The van der Waals surface area contributed by atoms with Gasteiger partial charge in [-0.1, -0.05) is 48.0 Å². The third-order valence-corrected chi connectivity index (χ3v) is 4.59. The van der Waals surface area contributed by atoms with Crippen LogP contribution in [-0.4, -0.2) is 15.6 Å². The van der Waals surface area contributed by atoms with Gasteiger partial charge in [-0.2, -0.15) is 5.10 Å². The Kier molecular flexibility index (Phi) is 3.34. The van der Waals surface area contributed by atoms with E-state index in [-0.39, 0.29) is 11.7 Å². The first-order valence-corrected chi connectivity index (χ1v) is 7.94. The second-order valence-electron chi connectivity index (χ2n) is 6.19. The summed E-state index contributed by atoms with van der Waals surface area (Å²) < 4.78 is 1.91. The van der Waals surface area contributed by atoms with E-state index in [1.54, 1.807) is 6.20 Å². The van der Waals surface area contributed by atoms with E-state index in [0.29, 0.717) is 6.42 Å². The molecule has 0 N–H and O–H groups in total. The molecule has 0 radical (unpaired) electrons. The fourth-order valence-electron chi connectivity index (χ4n) is 3.31. The fraction of sp³-hybridized carbons (Fsp3) is 0.200. The van der Waals surface area contributed by atoms with Crippen molar-refractivity contribution in [2.45, 2.75) is 25.7 Å². The van der Waals surface area contributed by atoms with Crippen LogP contribution in [0.2, 0.25) is 0 Å². The average Bonchev–Trinajstić information content (AvgIpc) is 3.01. The smallest absolute Gasteiger partial charge is 0.166 e. The molecule has 23 heavy (non-hydrogen) atoms. The van der Waals surface area contributed by atoms with E-state index in [2.05, 4.69) is 36.3 Å². The highest BCUT2D eigenvalue weighted by atomic mass is 16.1. The minimum absolute atomic E-state index is 0.194. The van der Waals surface area contributed by atoms with Crippen LogP contribution in [0, 0.1) is 6.92 Å². The molecule has 0 spiro atoms. The number of rotatable bonds is 2. The molecule has 0 saturated carbocycles. The minimum atomic E-state index is 0.194. The maximum Gasteiger partial charge on any atom is 0.166 e. The third-order valence-electron chi connectivity index (χ3n) is 4.59. The Hall–Kier alpha value is -2.68. The molecule has 3 aromatic rings. The van der Waals surface area contributed by atoms with Crippen molar-refractivity contribution >= 4 is 5.78 Å². The van der Waals surface area contributed by atoms with Gasteiger partial charge in [0.2, 0.25) is 0 Å². The topological polar surface area (TPSA) is 34.9 Å². The molecule has 1 atom stereocenters. The quantitative estimate of drug-likeness (QED) is 0.714. The number of hydrogen-bond donors (Lipinski definition) is 0. The van der Waals surface area contributed by atoms with Crippen molar-refractivity contribution in [2.24, 2.45) is 0 Å². The van der Waals surface area contributed by atoms with Crippen LogP contribution in [0.4, 0.5) is 0 Å². The number of ketones is 1. The Balaban J connectivity index is 1.74. The maximum absolute atomic E-state index is 12.5. The molecule has 1 heterocycles. The summed E-state index contributed by atoms with van der Waals surface area (Å²) in [5, 5.41) is 4.46. The van der Waals surface area contributed by atoms with Crippen LogP contribution in [-0.2, 0) is 6.42 Å². The Bertz CT molecular complexity index is 847. The van der Waals surface area contributed by atoms with Crippen molar-refractivity contribution in [3.8, 4) is 5.69 Å². The summed E-state index contributed by atoms with van der Waals surface area (Å²) in [7, 11) is 0. The van der Waals surface area contributed by atoms with E-state index in [9.17, 15) is 4.79 Å². The van der Waals surface area contributed by atoms with E-state index in [1.165, 1.54) is 11.1 Å². The molecule has 1 aromatic heterocycles. The molecule has 114 valence electrons. The van der Waals surface area contributed by atoms with Crippen LogP contribution in [0.3, 0.4) is 0 Å². The molecule has 3 heteroatoms. The highest BCUT2D eigenvalue weighted by molar-refractivity contribution is 5.98. The number of carbonyl (C=O) groups excluding carboxylic acids is 1. The van der Waals surface area contributed by atoms with Gasteiger partial charge in [0.1, 0.15) is 0 Å². The lowest BCUT2D eigenvalue weighted by Gasteiger charge is -2.23. The highest BCUT2D eigenvalue weighted by Gasteiger charge is 2.29. The molecule has 0 saturated heterocycles. The van der Waals surface area contributed by atoms with Gasteiger partial charge in [0.25, 0.3) is 0 Å². The third kappa shape index (κ3) is 2.48. The summed E-state index contributed by atoms with van der Waals surface area (Å²) in [4.78, 5) is 12.5. The number of para-hydroxylation sites is 1. The van der Waals surface area contributed by atoms with Crippen molar-refractivity contribution in [1.29, 1.82) is 0 Å². The highest BCUT2D eigenvalue weighted by Crippen LogP contribution is 2.33. The van der Waals surface area contributed by atoms with Crippen molar-refractivity contribution in [3.05, 3.63) is 83.2 Å². The molecule has 1 aliphatic rings. The predicted octanol–water partition coefficient (Wildman–Crippen LogP) is 4.09. The number of aryl methyl sites for hydroxylation is 1. The van der Waals surface area contributed by atoms with E-state index >= 15 is 0 Å². The van der Waals surface area contributed by atoms with E-state index in [1.807, 2.05) is 35.0 Å². The van der Waals surface area contributed by atoms with Gasteiger partial charge >= 0.3 is 0 Å². The molecule has 0 amide bonds. The van der Waals surface area contributed by atoms with E-state index < -0.39 is 0 Å². The number of aromatic nitrogens is 2.